The number of hydrogen-bond acceptors (Lipinski definition) is 6. The summed E-state index contributed by atoms with van der Waals surface area (Å²) in [7, 11) is 1.38. The third kappa shape index (κ3) is 3.36. The van der Waals surface area contributed by atoms with Crippen LogP contribution in [-0.4, -0.2) is 32.8 Å². The van der Waals surface area contributed by atoms with Crippen molar-refractivity contribution in [2.75, 3.05) is 7.11 Å². The second kappa shape index (κ2) is 5.79. The number of rotatable bonds is 6. The molecule has 3 rings (SSSR count). The molecule has 0 N–H and O–H groups in total. The fourth-order valence-corrected chi connectivity index (χ4v) is 2.55. The molecule has 0 radical (unpaired) electrons. The highest BCUT2D eigenvalue weighted by Gasteiger charge is 2.45. The summed E-state index contributed by atoms with van der Waals surface area (Å²) in [5.41, 5.74) is 0.500. The molecule has 0 aliphatic heterocycles. The highest BCUT2D eigenvalue weighted by molar-refractivity contribution is 5.70. The minimum atomic E-state index is -0.448. The standard InChI is InChI=1S/C15H16N4O4/c1-23-13(20)8-15(5-6-15)9-18-10-16-14(17-18)11-3-2-4-12(7-11)19(21)22/h2-4,7,10H,5-6,8-9H2,1H3. The molecule has 120 valence electrons. The van der Waals surface area contributed by atoms with Gasteiger partial charge in [-0.3, -0.25) is 19.6 Å². The van der Waals surface area contributed by atoms with Gasteiger partial charge >= 0.3 is 5.97 Å². The predicted molar refractivity (Wildman–Crippen MR) is 80.4 cm³/mol. The normalized spacial score (nSPS) is 15.2. The Morgan fingerprint density at radius 1 is 1.48 bits per heavy atom. The van der Waals surface area contributed by atoms with Crippen LogP contribution in [0.2, 0.25) is 0 Å². The summed E-state index contributed by atoms with van der Waals surface area (Å²) in [6.45, 7) is 0.587. The molecule has 0 amide bonds. The summed E-state index contributed by atoms with van der Waals surface area (Å²) < 4.78 is 6.41. The average molecular weight is 316 g/mol. The first kappa shape index (κ1) is 15.1. The Labute approximate surface area is 132 Å². The van der Waals surface area contributed by atoms with Crippen molar-refractivity contribution in [1.29, 1.82) is 0 Å². The van der Waals surface area contributed by atoms with Crippen LogP contribution in [0.3, 0.4) is 0 Å². The van der Waals surface area contributed by atoms with Crippen molar-refractivity contribution >= 4 is 11.7 Å². The van der Waals surface area contributed by atoms with E-state index >= 15 is 0 Å². The van der Waals surface area contributed by atoms with Crippen LogP contribution in [0.15, 0.2) is 30.6 Å². The fraction of sp³-hybridized carbons (Fsp3) is 0.400. The van der Waals surface area contributed by atoms with Gasteiger partial charge in [-0.05, 0) is 12.8 Å². The van der Waals surface area contributed by atoms with Crippen LogP contribution in [0.5, 0.6) is 0 Å². The van der Waals surface area contributed by atoms with E-state index in [1.54, 1.807) is 23.1 Å². The molecule has 1 fully saturated rings. The molecule has 1 aromatic carbocycles. The highest BCUT2D eigenvalue weighted by Crippen LogP contribution is 2.50. The number of carbonyl (C=O) groups is 1. The number of methoxy groups -OCH3 is 1. The van der Waals surface area contributed by atoms with Crippen molar-refractivity contribution in [3.05, 3.63) is 40.7 Å². The van der Waals surface area contributed by atoms with Crippen molar-refractivity contribution < 1.29 is 14.5 Å². The first-order valence-corrected chi connectivity index (χ1v) is 7.22. The Morgan fingerprint density at radius 2 is 2.26 bits per heavy atom. The number of nitro groups is 1. The van der Waals surface area contributed by atoms with E-state index in [0.717, 1.165) is 12.8 Å². The van der Waals surface area contributed by atoms with Crippen LogP contribution in [0.25, 0.3) is 11.4 Å². The zero-order chi connectivity index (χ0) is 16.4. The molecule has 1 aliphatic rings. The smallest absolute Gasteiger partial charge is 0.306 e. The lowest BCUT2D eigenvalue weighted by atomic mass is 10.0. The number of benzene rings is 1. The molecule has 23 heavy (non-hydrogen) atoms. The highest BCUT2D eigenvalue weighted by atomic mass is 16.6. The van der Waals surface area contributed by atoms with Crippen molar-refractivity contribution in [3.8, 4) is 11.4 Å². The summed E-state index contributed by atoms with van der Waals surface area (Å²) >= 11 is 0. The van der Waals surface area contributed by atoms with Gasteiger partial charge in [0.2, 0.25) is 0 Å². The zero-order valence-electron chi connectivity index (χ0n) is 12.6. The quantitative estimate of drug-likeness (QED) is 0.460. The molecular weight excluding hydrogens is 300 g/mol. The fourth-order valence-electron chi connectivity index (χ4n) is 2.55. The Kier molecular flexibility index (Phi) is 3.81. The van der Waals surface area contributed by atoms with Crippen LogP contribution >= 0.6 is 0 Å². The molecule has 0 atom stereocenters. The third-order valence-electron chi connectivity index (χ3n) is 4.05. The van der Waals surface area contributed by atoms with Crippen molar-refractivity contribution in [2.24, 2.45) is 5.41 Å². The number of hydrogen-bond donors (Lipinski definition) is 0. The molecule has 2 aromatic rings. The molecule has 8 heteroatoms. The Hall–Kier alpha value is -2.77. The Morgan fingerprint density at radius 3 is 2.91 bits per heavy atom. The molecule has 8 nitrogen and oxygen atoms in total. The maximum absolute atomic E-state index is 11.5. The molecule has 1 saturated carbocycles. The monoisotopic (exact) mass is 316 g/mol. The SMILES string of the molecule is COC(=O)CC1(Cn2cnc(-c3cccc([N+](=O)[O-])c3)n2)CC1. The number of ether oxygens (including phenoxy) is 1. The molecule has 1 aromatic heterocycles. The van der Waals surface area contributed by atoms with Gasteiger partial charge in [-0.2, -0.15) is 5.10 Å². The van der Waals surface area contributed by atoms with Crippen LogP contribution in [0.4, 0.5) is 5.69 Å². The van der Waals surface area contributed by atoms with E-state index in [1.807, 2.05) is 0 Å². The lowest BCUT2D eigenvalue weighted by Gasteiger charge is -2.12. The van der Waals surface area contributed by atoms with Crippen LogP contribution < -0.4 is 0 Å². The van der Waals surface area contributed by atoms with E-state index in [1.165, 1.54) is 19.2 Å². The summed E-state index contributed by atoms with van der Waals surface area (Å²) in [5, 5.41) is 15.2. The predicted octanol–water partition coefficient (Wildman–Crippen LogP) is 2.20. The lowest BCUT2D eigenvalue weighted by Crippen LogP contribution is -2.17. The van der Waals surface area contributed by atoms with Gasteiger partial charge in [0.15, 0.2) is 5.82 Å². The van der Waals surface area contributed by atoms with E-state index in [-0.39, 0.29) is 17.1 Å². The maximum Gasteiger partial charge on any atom is 0.306 e. The van der Waals surface area contributed by atoms with Crippen LogP contribution in [0.1, 0.15) is 19.3 Å². The topological polar surface area (TPSA) is 100 Å². The van der Waals surface area contributed by atoms with Crippen molar-refractivity contribution in [3.63, 3.8) is 0 Å². The number of non-ortho nitro benzene ring substituents is 1. The first-order chi connectivity index (χ1) is 11.0. The molecule has 0 saturated heterocycles. The van der Waals surface area contributed by atoms with Gasteiger partial charge in [0.1, 0.15) is 6.33 Å². The van der Waals surface area contributed by atoms with Gasteiger partial charge in [-0.25, -0.2) is 4.98 Å². The molecule has 1 aliphatic carbocycles. The molecule has 0 spiro atoms. The summed E-state index contributed by atoms with van der Waals surface area (Å²) in [4.78, 5) is 26.0. The van der Waals surface area contributed by atoms with Gasteiger partial charge in [0.05, 0.1) is 18.5 Å². The largest absolute Gasteiger partial charge is 0.469 e. The summed E-state index contributed by atoms with van der Waals surface area (Å²) in [5.74, 6) is 0.212. The number of aromatic nitrogens is 3. The van der Waals surface area contributed by atoms with E-state index in [0.29, 0.717) is 24.4 Å². The second-order valence-electron chi connectivity index (χ2n) is 5.83. The lowest BCUT2D eigenvalue weighted by molar-refractivity contribution is -0.384. The van der Waals surface area contributed by atoms with Crippen molar-refractivity contribution in [2.45, 2.75) is 25.8 Å². The van der Waals surface area contributed by atoms with Crippen LogP contribution in [0, 0.1) is 15.5 Å². The van der Waals surface area contributed by atoms with Gasteiger partial charge in [-0.15, -0.1) is 0 Å². The minimum absolute atomic E-state index is 0.00297. The molecule has 0 unspecified atom stereocenters. The van der Waals surface area contributed by atoms with E-state index in [4.69, 9.17) is 4.74 Å². The summed E-state index contributed by atoms with van der Waals surface area (Å²) in [6, 6.07) is 6.21. The average Bonchev–Trinajstić information content (AvgIpc) is 3.12. The Bertz CT molecular complexity index is 751. The third-order valence-corrected chi connectivity index (χ3v) is 4.05. The van der Waals surface area contributed by atoms with Crippen LogP contribution in [-0.2, 0) is 16.1 Å². The number of nitro benzene ring substituents is 1. The van der Waals surface area contributed by atoms with E-state index in [9.17, 15) is 14.9 Å². The zero-order valence-corrected chi connectivity index (χ0v) is 12.6. The number of carbonyl (C=O) groups excluding carboxylic acids is 1. The van der Waals surface area contributed by atoms with Crippen molar-refractivity contribution in [1.82, 2.24) is 14.8 Å². The number of esters is 1. The molecule has 1 heterocycles. The number of nitrogens with zero attached hydrogens (tertiary/aromatic N) is 4. The van der Waals surface area contributed by atoms with Gasteiger partial charge < -0.3 is 4.74 Å². The first-order valence-electron chi connectivity index (χ1n) is 7.22. The summed E-state index contributed by atoms with van der Waals surface area (Å²) in [6.07, 6.45) is 3.86. The van der Waals surface area contributed by atoms with Gasteiger partial charge in [0.25, 0.3) is 5.69 Å². The Balaban J connectivity index is 1.75. The minimum Gasteiger partial charge on any atom is -0.469 e. The second-order valence-corrected chi connectivity index (χ2v) is 5.83. The molecular formula is C15H16N4O4. The van der Waals surface area contributed by atoms with E-state index in [2.05, 4.69) is 10.1 Å². The van der Waals surface area contributed by atoms with Gasteiger partial charge in [0, 0.05) is 29.7 Å². The van der Waals surface area contributed by atoms with Gasteiger partial charge in [-0.1, -0.05) is 12.1 Å². The molecule has 0 bridgehead atoms. The maximum atomic E-state index is 11.5. The van der Waals surface area contributed by atoms with E-state index < -0.39 is 4.92 Å².